The van der Waals surface area contributed by atoms with Crippen LogP contribution in [0.3, 0.4) is 0 Å². The van der Waals surface area contributed by atoms with E-state index in [0.717, 1.165) is 16.7 Å². The van der Waals surface area contributed by atoms with Crippen molar-refractivity contribution in [1.29, 1.82) is 0 Å². The van der Waals surface area contributed by atoms with Crippen LogP contribution in [0.5, 0.6) is 0 Å². The largest absolute Gasteiger partial charge is 0.241 e. The molecule has 2 radical (unpaired) electrons. The highest BCUT2D eigenvalue weighted by atomic mass is 15.2. The zero-order valence-corrected chi connectivity index (χ0v) is 6.28. The molecular formula is C8H7BN2. The Bertz CT molecular complexity index is 392. The number of nitrogens with zero attached hydrogens (tertiary/aromatic N) is 2. The number of rotatable bonds is 0. The van der Waals surface area contributed by atoms with Crippen molar-refractivity contribution in [2.45, 2.75) is 6.92 Å². The second-order valence-corrected chi connectivity index (χ2v) is 2.53. The summed E-state index contributed by atoms with van der Waals surface area (Å²) in [7, 11) is 5.75. The minimum absolute atomic E-state index is 0.769. The molecule has 2 aromatic rings. The fraction of sp³-hybridized carbons (Fsp3) is 0.125. The van der Waals surface area contributed by atoms with Crippen molar-refractivity contribution < 1.29 is 0 Å². The molecule has 2 aromatic heterocycles. The maximum Gasteiger partial charge on any atom is 0.119 e. The predicted molar refractivity (Wildman–Crippen MR) is 45.3 cm³/mol. The highest BCUT2D eigenvalue weighted by Crippen LogP contribution is 1.99. The summed E-state index contributed by atoms with van der Waals surface area (Å²) in [5.74, 6) is 0. The summed E-state index contributed by atoms with van der Waals surface area (Å²) >= 11 is 0. The van der Waals surface area contributed by atoms with Gasteiger partial charge in [-0.05, 0) is 24.5 Å². The Kier molecular flexibility index (Phi) is 1.25. The Morgan fingerprint density at radius 3 is 3.00 bits per heavy atom. The van der Waals surface area contributed by atoms with Gasteiger partial charge in [-0.25, -0.2) is 4.52 Å². The van der Waals surface area contributed by atoms with Crippen molar-refractivity contribution in [2.24, 2.45) is 0 Å². The van der Waals surface area contributed by atoms with Gasteiger partial charge in [-0.15, -0.1) is 0 Å². The molecule has 0 atom stereocenters. The Morgan fingerprint density at radius 2 is 2.27 bits per heavy atom. The van der Waals surface area contributed by atoms with Crippen molar-refractivity contribution in [1.82, 2.24) is 9.61 Å². The lowest BCUT2D eigenvalue weighted by molar-refractivity contribution is 0.935. The van der Waals surface area contributed by atoms with Crippen molar-refractivity contribution in [3.63, 3.8) is 0 Å². The Morgan fingerprint density at radius 1 is 1.45 bits per heavy atom. The fourth-order valence-electron chi connectivity index (χ4n) is 1.14. The first-order chi connectivity index (χ1) is 5.29. The van der Waals surface area contributed by atoms with E-state index in [9.17, 15) is 0 Å². The topological polar surface area (TPSA) is 17.3 Å². The van der Waals surface area contributed by atoms with E-state index in [2.05, 4.69) is 5.10 Å². The van der Waals surface area contributed by atoms with E-state index in [0.29, 0.717) is 0 Å². The van der Waals surface area contributed by atoms with Crippen LogP contribution in [-0.2, 0) is 0 Å². The van der Waals surface area contributed by atoms with E-state index in [1.807, 2.05) is 31.3 Å². The molecule has 52 valence electrons. The van der Waals surface area contributed by atoms with E-state index >= 15 is 0 Å². The van der Waals surface area contributed by atoms with Gasteiger partial charge in [-0.2, -0.15) is 5.10 Å². The summed E-state index contributed by atoms with van der Waals surface area (Å²) in [6.45, 7) is 1.91. The van der Waals surface area contributed by atoms with E-state index in [4.69, 9.17) is 7.85 Å². The Hall–Kier alpha value is -1.25. The van der Waals surface area contributed by atoms with E-state index in [1.165, 1.54) is 0 Å². The fourth-order valence-corrected chi connectivity index (χ4v) is 1.14. The molecule has 3 heteroatoms. The van der Waals surface area contributed by atoms with Crippen molar-refractivity contribution in [2.75, 3.05) is 0 Å². The van der Waals surface area contributed by atoms with Crippen LogP contribution >= 0.6 is 0 Å². The van der Waals surface area contributed by atoms with Crippen molar-refractivity contribution in [3.8, 4) is 0 Å². The van der Waals surface area contributed by atoms with Gasteiger partial charge >= 0.3 is 0 Å². The van der Waals surface area contributed by atoms with Gasteiger partial charge in [0.25, 0.3) is 0 Å². The number of pyridine rings is 1. The van der Waals surface area contributed by atoms with Crippen LogP contribution in [0.4, 0.5) is 0 Å². The molecule has 2 rings (SSSR count). The first kappa shape index (κ1) is 6.46. The van der Waals surface area contributed by atoms with Gasteiger partial charge in [0.2, 0.25) is 0 Å². The Labute approximate surface area is 66.3 Å². The average molecular weight is 142 g/mol. The molecule has 2 nitrogen and oxygen atoms in total. The molecule has 0 unspecified atom stereocenters. The van der Waals surface area contributed by atoms with Crippen LogP contribution in [-0.4, -0.2) is 17.5 Å². The second kappa shape index (κ2) is 2.12. The molecule has 0 aliphatic heterocycles. The molecule has 0 amide bonds. The quantitative estimate of drug-likeness (QED) is 0.487. The zero-order valence-electron chi connectivity index (χ0n) is 6.28. The SMILES string of the molecule is [B]c1c(C)nn2ccccc12. The number of aryl methyl sites for hydroxylation is 1. The molecule has 0 saturated carbocycles. The van der Waals surface area contributed by atoms with Gasteiger partial charge in [0.05, 0.1) is 11.2 Å². The van der Waals surface area contributed by atoms with Crippen LogP contribution in [0.1, 0.15) is 5.69 Å². The predicted octanol–water partition coefficient (Wildman–Crippen LogP) is 0.437. The molecule has 0 spiro atoms. The zero-order chi connectivity index (χ0) is 7.84. The van der Waals surface area contributed by atoms with Crippen LogP contribution in [0, 0.1) is 6.92 Å². The highest BCUT2D eigenvalue weighted by molar-refractivity contribution is 6.37. The third-order valence-electron chi connectivity index (χ3n) is 1.76. The number of aromatic nitrogens is 2. The maximum absolute atomic E-state index is 5.75. The lowest BCUT2D eigenvalue weighted by Crippen LogP contribution is -2.03. The van der Waals surface area contributed by atoms with Gasteiger partial charge in [-0.3, -0.25) is 0 Å². The minimum Gasteiger partial charge on any atom is -0.241 e. The van der Waals surface area contributed by atoms with Gasteiger partial charge in [0.1, 0.15) is 7.85 Å². The second-order valence-electron chi connectivity index (χ2n) is 2.53. The molecule has 0 fully saturated rings. The van der Waals surface area contributed by atoms with Gasteiger partial charge < -0.3 is 0 Å². The molecule has 0 aromatic carbocycles. The summed E-state index contributed by atoms with van der Waals surface area (Å²) in [6, 6.07) is 5.83. The number of hydrogen-bond donors (Lipinski definition) is 0. The first-order valence-electron chi connectivity index (χ1n) is 3.48. The normalized spacial score (nSPS) is 10.6. The lowest BCUT2D eigenvalue weighted by atomic mass is 9.95. The van der Waals surface area contributed by atoms with Crippen molar-refractivity contribution >= 4 is 18.8 Å². The van der Waals surface area contributed by atoms with Gasteiger partial charge in [0, 0.05) is 6.20 Å². The molecule has 0 aliphatic carbocycles. The van der Waals surface area contributed by atoms with Crippen molar-refractivity contribution in [3.05, 3.63) is 30.1 Å². The molecule has 0 aliphatic rings. The van der Waals surface area contributed by atoms with E-state index < -0.39 is 0 Å². The summed E-state index contributed by atoms with van der Waals surface area (Å²) in [5.41, 5.74) is 2.63. The summed E-state index contributed by atoms with van der Waals surface area (Å²) in [6.07, 6.45) is 1.89. The molecule has 11 heavy (non-hydrogen) atoms. The average Bonchev–Trinajstić information content (AvgIpc) is 2.30. The van der Waals surface area contributed by atoms with Crippen LogP contribution in [0.25, 0.3) is 5.52 Å². The third-order valence-corrected chi connectivity index (χ3v) is 1.76. The monoisotopic (exact) mass is 142 g/mol. The molecule has 2 heterocycles. The molecule has 0 saturated heterocycles. The molecule has 0 bridgehead atoms. The summed E-state index contributed by atoms with van der Waals surface area (Å²) in [5, 5.41) is 4.20. The summed E-state index contributed by atoms with van der Waals surface area (Å²) in [4.78, 5) is 0. The van der Waals surface area contributed by atoms with Crippen LogP contribution in [0.2, 0.25) is 0 Å². The molecular weight excluding hydrogens is 135 g/mol. The van der Waals surface area contributed by atoms with Gasteiger partial charge in [0.15, 0.2) is 0 Å². The number of fused-ring (bicyclic) bond motifs is 1. The standard InChI is InChI=1S/C8H7BN2/c1-6-8(9)7-4-2-3-5-11(7)10-6/h2-5H,1H3. The minimum atomic E-state index is 0.769. The van der Waals surface area contributed by atoms with Crippen LogP contribution < -0.4 is 5.46 Å². The van der Waals surface area contributed by atoms with Crippen LogP contribution in [0.15, 0.2) is 24.4 Å². The lowest BCUT2D eigenvalue weighted by Gasteiger charge is -1.89. The first-order valence-corrected chi connectivity index (χ1v) is 3.48. The third kappa shape index (κ3) is 0.844. The Balaban J connectivity index is 2.92. The number of hydrogen-bond acceptors (Lipinski definition) is 1. The smallest absolute Gasteiger partial charge is 0.119 e. The van der Waals surface area contributed by atoms with E-state index in [-0.39, 0.29) is 0 Å². The van der Waals surface area contributed by atoms with Gasteiger partial charge in [-0.1, -0.05) is 6.07 Å². The maximum atomic E-state index is 5.75. The van der Waals surface area contributed by atoms with E-state index in [1.54, 1.807) is 4.52 Å². The molecule has 0 N–H and O–H groups in total. The summed E-state index contributed by atoms with van der Waals surface area (Å²) < 4.78 is 1.78. The highest BCUT2D eigenvalue weighted by Gasteiger charge is 2.00.